The molecule has 0 unspecified atom stereocenters. The van der Waals surface area contributed by atoms with Gasteiger partial charge in [-0.25, -0.2) is 9.98 Å². The van der Waals surface area contributed by atoms with Gasteiger partial charge in [0, 0.05) is 16.7 Å². The number of fused-ring (bicyclic) bond motifs is 2. The zero-order chi connectivity index (χ0) is 25.4. The summed E-state index contributed by atoms with van der Waals surface area (Å²) in [6.45, 7) is 6.82. The van der Waals surface area contributed by atoms with Gasteiger partial charge in [0.05, 0.1) is 11.8 Å². The highest BCUT2D eigenvalue weighted by molar-refractivity contribution is 7.16. The summed E-state index contributed by atoms with van der Waals surface area (Å²) in [5, 5.41) is 12.4. The van der Waals surface area contributed by atoms with Crippen LogP contribution < -0.4 is 4.74 Å². The van der Waals surface area contributed by atoms with E-state index in [1.165, 1.54) is 4.88 Å². The number of rotatable bonds is 4. The van der Waals surface area contributed by atoms with E-state index < -0.39 is 5.82 Å². The number of nitrogens with zero attached hydrogens (tertiary/aromatic N) is 4. The summed E-state index contributed by atoms with van der Waals surface area (Å²) in [5.74, 6) is -0.0441. The van der Waals surface area contributed by atoms with Gasteiger partial charge in [-0.15, -0.1) is 11.3 Å². The lowest BCUT2D eigenvalue weighted by Gasteiger charge is -2.33. The van der Waals surface area contributed by atoms with Crippen LogP contribution in [0.25, 0.3) is 10.8 Å². The Hall–Kier alpha value is -3.34. The summed E-state index contributed by atoms with van der Waals surface area (Å²) in [5.41, 5.74) is 2.65. The molecular formula is C28H24ClFN4OS. The van der Waals surface area contributed by atoms with Crippen LogP contribution in [0.2, 0.25) is 5.28 Å². The fourth-order valence-corrected chi connectivity index (χ4v) is 5.99. The summed E-state index contributed by atoms with van der Waals surface area (Å²) in [6.07, 6.45) is 5.59. The molecule has 0 saturated carbocycles. The summed E-state index contributed by atoms with van der Waals surface area (Å²) in [6, 6.07) is 13.8. The minimum Gasteiger partial charge on any atom is -0.436 e. The van der Waals surface area contributed by atoms with E-state index in [9.17, 15) is 9.65 Å². The lowest BCUT2D eigenvalue weighted by molar-refractivity contribution is 0.218. The first-order chi connectivity index (χ1) is 17.2. The molecule has 8 heteroatoms. The summed E-state index contributed by atoms with van der Waals surface area (Å²) >= 11 is 7.44. The Morgan fingerprint density at radius 1 is 1.25 bits per heavy atom. The van der Waals surface area contributed by atoms with Gasteiger partial charge in [-0.05, 0) is 64.6 Å². The Labute approximate surface area is 218 Å². The van der Waals surface area contributed by atoms with Crippen LogP contribution in [0.3, 0.4) is 0 Å². The molecule has 1 aliphatic carbocycles. The molecule has 2 aromatic heterocycles. The number of halogens is 2. The van der Waals surface area contributed by atoms with Crippen LogP contribution in [0.4, 0.5) is 9.39 Å². The van der Waals surface area contributed by atoms with Crippen LogP contribution in [0.5, 0.6) is 11.6 Å². The number of hydrogen-bond donors (Lipinski definition) is 0. The van der Waals surface area contributed by atoms with Crippen molar-refractivity contribution >= 4 is 44.9 Å². The Morgan fingerprint density at radius 2 is 2.06 bits per heavy atom. The van der Waals surface area contributed by atoms with Crippen LogP contribution in [-0.4, -0.2) is 16.2 Å². The molecule has 0 bridgehead atoms. The first-order valence-electron chi connectivity index (χ1n) is 11.7. The third-order valence-corrected chi connectivity index (χ3v) is 8.06. The van der Waals surface area contributed by atoms with Crippen molar-refractivity contribution in [2.75, 3.05) is 0 Å². The second-order valence-electron chi connectivity index (χ2n) is 9.95. The van der Waals surface area contributed by atoms with Crippen molar-refractivity contribution in [1.82, 2.24) is 9.97 Å². The minimum atomic E-state index is -0.721. The number of hydrogen-bond acceptors (Lipinski definition) is 6. The van der Waals surface area contributed by atoms with Crippen molar-refractivity contribution < 1.29 is 9.13 Å². The quantitative estimate of drug-likeness (QED) is 0.202. The third-order valence-electron chi connectivity index (χ3n) is 6.71. The van der Waals surface area contributed by atoms with E-state index in [1.54, 1.807) is 23.6 Å². The van der Waals surface area contributed by atoms with Crippen LogP contribution >= 0.6 is 22.9 Å². The smallest absolute Gasteiger partial charge is 0.260 e. The molecule has 0 saturated heterocycles. The molecule has 0 fully saturated rings. The third kappa shape index (κ3) is 4.71. The molecule has 0 aliphatic heterocycles. The van der Waals surface area contributed by atoms with E-state index in [4.69, 9.17) is 21.3 Å². The Bertz CT molecular complexity index is 1530. The second kappa shape index (κ2) is 9.61. The zero-order valence-electron chi connectivity index (χ0n) is 20.2. The highest BCUT2D eigenvalue weighted by atomic mass is 35.5. The van der Waals surface area contributed by atoms with Gasteiger partial charge < -0.3 is 4.74 Å². The first-order valence-corrected chi connectivity index (χ1v) is 12.9. The molecule has 36 heavy (non-hydrogen) atoms. The zero-order valence-corrected chi connectivity index (χ0v) is 21.8. The van der Waals surface area contributed by atoms with Crippen molar-refractivity contribution in [2.24, 2.45) is 16.3 Å². The van der Waals surface area contributed by atoms with E-state index in [-0.39, 0.29) is 16.6 Å². The van der Waals surface area contributed by atoms with Gasteiger partial charge >= 0.3 is 0 Å². The topological polar surface area (TPSA) is 71.2 Å². The summed E-state index contributed by atoms with van der Waals surface area (Å²) in [4.78, 5) is 13.5. The molecule has 0 spiro atoms. The van der Waals surface area contributed by atoms with Gasteiger partial charge in [-0.2, -0.15) is 14.6 Å². The van der Waals surface area contributed by atoms with Gasteiger partial charge in [0.15, 0.2) is 0 Å². The maximum absolute atomic E-state index is 14.3. The second-order valence-corrected chi connectivity index (χ2v) is 11.4. The largest absolute Gasteiger partial charge is 0.436 e. The van der Waals surface area contributed by atoms with Gasteiger partial charge in [-0.1, -0.05) is 51.1 Å². The van der Waals surface area contributed by atoms with E-state index >= 15 is 0 Å². The lowest BCUT2D eigenvalue weighted by atomic mass is 9.72. The van der Waals surface area contributed by atoms with E-state index in [0.717, 1.165) is 41.8 Å². The molecule has 2 heterocycles. The van der Waals surface area contributed by atoms with Crippen LogP contribution in [0, 0.1) is 28.5 Å². The maximum Gasteiger partial charge on any atom is 0.260 e. The van der Waals surface area contributed by atoms with Crippen molar-refractivity contribution in [2.45, 2.75) is 40.0 Å². The van der Waals surface area contributed by atoms with Crippen molar-refractivity contribution in [3.05, 3.63) is 75.3 Å². The molecule has 1 aliphatic rings. The van der Waals surface area contributed by atoms with Gasteiger partial charge in [0.25, 0.3) is 5.88 Å². The van der Waals surface area contributed by atoms with Crippen LogP contribution in [-0.2, 0) is 12.8 Å². The van der Waals surface area contributed by atoms with Gasteiger partial charge in [-0.3, -0.25) is 0 Å². The Kier molecular flexibility index (Phi) is 6.50. The molecular weight excluding hydrogens is 495 g/mol. The molecule has 1 atom stereocenters. The minimum absolute atomic E-state index is 0.112. The molecule has 4 aromatic rings. The van der Waals surface area contributed by atoms with E-state index in [2.05, 4.69) is 36.8 Å². The Balaban J connectivity index is 1.57. The average molecular weight is 519 g/mol. The fraction of sp³-hybridized carbons (Fsp3) is 0.286. The number of nitriles is 1. The highest BCUT2D eigenvalue weighted by Gasteiger charge is 2.32. The maximum atomic E-state index is 14.3. The van der Waals surface area contributed by atoms with Crippen molar-refractivity contribution in [1.29, 1.82) is 5.26 Å². The molecule has 0 radical (unpaired) electrons. The first kappa shape index (κ1) is 24.4. The van der Waals surface area contributed by atoms with Gasteiger partial charge in [0.2, 0.25) is 11.1 Å². The van der Waals surface area contributed by atoms with E-state index in [1.807, 2.05) is 30.3 Å². The standard InChI is InChI=1S/C28H24ClFN4OS/c1-28(2,3)17-9-10-19-20(13-31)26(36-24(19)12-17)32-14-21-18-7-5-4-6-16(18)8-11-23(21)35-25-22(30)15-33-27(29)34-25/h4-8,11,14-15,17H,9-10,12H2,1-3H3/t17-/m0/s1. The van der Waals surface area contributed by atoms with Gasteiger partial charge in [0.1, 0.15) is 16.8 Å². The fourth-order valence-electron chi connectivity index (χ4n) is 4.64. The molecule has 5 rings (SSSR count). The molecule has 2 aromatic carbocycles. The highest BCUT2D eigenvalue weighted by Crippen LogP contribution is 2.45. The number of aromatic nitrogens is 2. The van der Waals surface area contributed by atoms with Crippen LogP contribution in [0.1, 0.15) is 48.8 Å². The van der Waals surface area contributed by atoms with E-state index in [0.29, 0.717) is 27.8 Å². The SMILES string of the molecule is CC(C)(C)[C@H]1CCc2c(sc(N=Cc3c(Oc4nc(Cl)ncc4F)ccc4ccccc34)c2C#N)C1. The predicted octanol–water partition coefficient (Wildman–Crippen LogP) is 8.05. The molecule has 0 amide bonds. The summed E-state index contributed by atoms with van der Waals surface area (Å²) in [7, 11) is 0. The van der Waals surface area contributed by atoms with Crippen molar-refractivity contribution in [3.8, 4) is 17.7 Å². The number of thiophene rings is 1. The summed E-state index contributed by atoms with van der Waals surface area (Å²) < 4.78 is 20.2. The predicted molar refractivity (Wildman–Crippen MR) is 142 cm³/mol. The average Bonchev–Trinajstić information content (AvgIpc) is 3.21. The normalized spacial score (nSPS) is 15.7. The van der Waals surface area contributed by atoms with Crippen LogP contribution in [0.15, 0.2) is 47.6 Å². The lowest BCUT2D eigenvalue weighted by Crippen LogP contribution is -2.26. The molecule has 182 valence electrons. The molecule has 0 N–H and O–H groups in total. The number of aliphatic imine (C=N–C) groups is 1. The Morgan fingerprint density at radius 3 is 2.83 bits per heavy atom. The number of benzene rings is 2. The molecule has 5 nitrogen and oxygen atoms in total. The number of ether oxygens (including phenoxy) is 1. The van der Waals surface area contributed by atoms with Crippen molar-refractivity contribution in [3.63, 3.8) is 0 Å². The monoisotopic (exact) mass is 518 g/mol.